The second-order valence-corrected chi connectivity index (χ2v) is 3.09. The number of rotatable bonds is 3. The van der Waals surface area contributed by atoms with E-state index in [0.29, 0.717) is 0 Å². The van der Waals surface area contributed by atoms with Crippen molar-refractivity contribution >= 4 is 0 Å². The van der Waals surface area contributed by atoms with Gasteiger partial charge in [0, 0.05) is 19.6 Å². The Balaban J connectivity index is 2.05. The summed E-state index contributed by atoms with van der Waals surface area (Å²) in [5, 5.41) is 9.03. The molecule has 0 saturated carbocycles. The van der Waals surface area contributed by atoms with Crippen molar-refractivity contribution in [2.45, 2.75) is 19.4 Å². The number of nitrogens with zero attached hydrogens (tertiary/aromatic N) is 1. The topological polar surface area (TPSA) is 32.7 Å². The summed E-state index contributed by atoms with van der Waals surface area (Å²) in [4.78, 5) is 2.33. The second-order valence-electron chi connectivity index (χ2n) is 3.09. The molecular weight excluding hydrogens is 142 g/mol. The van der Waals surface area contributed by atoms with Crippen molar-refractivity contribution in [1.29, 1.82) is 0 Å². The molecule has 0 aliphatic carbocycles. The van der Waals surface area contributed by atoms with E-state index in [9.17, 15) is 0 Å². The first kappa shape index (κ1) is 8.97. The van der Waals surface area contributed by atoms with Crippen LogP contribution >= 0.6 is 0 Å². The van der Waals surface area contributed by atoms with E-state index < -0.39 is 0 Å². The minimum atomic E-state index is -0.169. The van der Waals surface area contributed by atoms with Crippen molar-refractivity contribution in [3.05, 3.63) is 0 Å². The number of morpholine rings is 1. The van der Waals surface area contributed by atoms with E-state index in [4.69, 9.17) is 9.84 Å². The third kappa shape index (κ3) is 3.70. The van der Waals surface area contributed by atoms with Crippen molar-refractivity contribution in [1.82, 2.24) is 4.90 Å². The lowest BCUT2D eigenvalue weighted by Crippen LogP contribution is -2.37. The van der Waals surface area contributed by atoms with Crippen LogP contribution in [0.2, 0.25) is 0 Å². The van der Waals surface area contributed by atoms with Crippen LogP contribution < -0.4 is 0 Å². The number of hydrogen-bond donors (Lipinski definition) is 1. The summed E-state index contributed by atoms with van der Waals surface area (Å²) in [6.45, 7) is 6.57. The fourth-order valence-electron chi connectivity index (χ4n) is 1.19. The van der Waals surface area contributed by atoms with Crippen LogP contribution in [0.3, 0.4) is 0 Å². The zero-order valence-corrected chi connectivity index (χ0v) is 7.12. The molecule has 0 aromatic rings. The Kier molecular flexibility index (Phi) is 3.83. The van der Waals surface area contributed by atoms with Crippen molar-refractivity contribution < 1.29 is 9.84 Å². The Morgan fingerprint density at radius 1 is 1.45 bits per heavy atom. The summed E-state index contributed by atoms with van der Waals surface area (Å²) in [5.74, 6) is 0. The Morgan fingerprint density at radius 2 is 2.09 bits per heavy atom. The Morgan fingerprint density at radius 3 is 2.64 bits per heavy atom. The maximum absolute atomic E-state index is 9.03. The third-order valence-electron chi connectivity index (χ3n) is 1.97. The van der Waals surface area contributed by atoms with E-state index in [1.807, 2.05) is 6.92 Å². The second kappa shape index (κ2) is 4.70. The first-order valence-corrected chi connectivity index (χ1v) is 4.27. The van der Waals surface area contributed by atoms with Gasteiger partial charge in [0.25, 0.3) is 0 Å². The number of aliphatic hydroxyl groups is 1. The van der Waals surface area contributed by atoms with Gasteiger partial charge in [-0.25, -0.2) is 0 Å². The molecule has 1 aliphatic rings. The van der Waals surface area contributed by atoms with E-state index in [1.165, 1.54) is 0 Å². The smallest absolute Gasteiger partial charge is 0.0594 e. The molecule has 0 spiro atoms. The van der Waals surface area contributed by atoms with Gasteiger partial charge in [0.15, 0.2) is 0 Å². The quantitative estimate of drug-likeness (QED) is 0.633. The highest BCUT2D eigenvalue weighted by Gasteiger charge is 2.09. The average molecular weight is 159 g/mol. The van der Waals surface area contributed by atoms with Crippen LogP contribution in [0.5, 0.6) is 0 Å². The van der Waals surface area contributed by atoms with Gasteiger partial charge in [-0.2, -0.15) is 0 Å². The maximum atomic E-state index is 9.03. The summed E-state index contributed by atoms with van der Waals surface area (Å²) >= 11 is 0. The molecule has 0 radical (unpaired) electrons. The number of aliphatic hydroxyl groups excluding tert-OH is 1. The highest BCUT2D eigenvalue weighted by Crippen LogP contribution is 1.99. The fourth-order valence-corrected chi connectivity index (χ4v) is 1.19. The zero-order chi connectivity index (χ0) is 8.10. The molecule has 1 N–H and O–H groups in total. The van der Waals surface area contributed by atoms with E-state index in [1.54, 1.807) is 0 Å². The van der Waals surface area contributed by atoms with Crippen molar-refractivity contribution in [2.75, 3.05) is 32.8 Å². The molecule has 0 bridgehead atoms. The lowest BCUT2D eigenvalue weighted by Gasteiger charge is -2.26. The van der Waals surface area contributed by atoms with Gasteiger partial charge >= 0.3 is 0 Å². The molecule has 0 unspecified atom stereocenters. The van der Waals surface area contributed by atoms with Crippen molar-refractivity contribution in [3.63, 3.8) is 0 Å². The summed E-state index contributed by atoms with van der Waals surface area (Å²) in [6.07, 6.45) is 0.706. The van der Waals surface area contributed by atoms with Crippen LogP contribution in [0.25, 0.3) is 0 Å². The SMILES string of the molecule is C[C@H](O)CCN1CCOCC1. The van der Waals surface area contributed by atoms with Crippen molar-refractivity contribution in [3.8, 4) is 0 Å². The van der Waals surface area contributed by atoms with Crippen molar-refractivity contribution in [2.24, 2.45) is 0 Å². The molecule has 1 aliphatic heterocycles. The minimum absolute atomic E-state index is 0.169. The number of ether oxygens (including phenoxy) is 1. The molecule has 11 heavy (non-hydrogen) atoms. The van der Waals surface area contributed by atoms with Gasteiger partial charge in [0.05, 0.1) is 19.3 Å². The molecule has 0 amide bonds. The summed E-state index contributed by atoms with van der Waals surface area (Å²) in [6, 6.07) is 0. The molecular formula is C8H17NO2. The Bertz CT molecular complexity index is 100. The fraction of sp³-hybridized carbons (Fsp3) is 1.00. The molecule has 66 valence electrons. The molecule has 0 aromatic heterocycles. The summed E-state index contributed by atoms with van der Waals surface area (Å²) in [5.41, 5.74) is 0. The molecule has 3 heteroatoms. The highest BCUT2D eigenvalue weighted by atomic mass is 16.5. The first-order chi connectivity index (χ1) is 5.29. The largest absolute Gasteiger partial charge is 0.393 e. The average Bonchev–Trinajstić information content (AvgIpc) is 2.03. The van der Waals surface area contributed by atoms with Crippen LogP contribution in [0.4, 0.5) is 0 Å². The van der Waals surface area contributed by atoms with Gasteiger partial charge in [-0.15, -0.1) is 0 Å². The lowest BCUT2D eigenvalue weighted by atomic mass is 10.2. The van der Waals surface area contributed by atoms with Crippen LogP contribution in [0.1, 0.15) is 13.3 Å². The Labute approximate surface area is 68.0 Å². The zero-order valence-electron chi connectivity index (χ0n) is 7.12. The third-order valence-corrected chi connectivity index (χ3v) is 1.97. The molecule has 0 aromatic carbocycles. The molecule has 1 rings (SSSR count). The molecule has 3 nitrogen and oxygen atoms in total. The van der Waals surface area contributed by atoms with E-state index in [0.717, 1.165) is 39.3 Å². The van der Waals surface area contributed by atoms with Gasteiger partial charge in [-0.05, 0) is 13.3 Å². The molecule has 1 fully saturated rings. The van der Waals surface area contributed by atoms with Crippen LogP contribution in [0, 0.1) is 0 Å². The standard InChI is InChI=1S/C8H17NO2/c1-8(10)2-3-9-4-6-11-7-5-9/h8,10H,2-7H2,1H3/t8-/m0/s1. The number of hydrogen-bond acceptors (Lipinski definition) is 3. The molecule has 1 atom stereocenters. The summed E-state index contributed by atoms with van der Waals surface area (Å²) < 4.78 is 5.20. The Hall–Kier alpha value is -0.120. The minimum Gasteiger partial charge on any atom is -0.393 e. The first-order valence-electron chi connectivity index (χ1n) is 4.27. The molecule has 1 saturated heterocycles. The monoisotopic (exact) mass is 159 g/mol. The lowest BCUT2D eigenvalue weighted by molar-refractivity contribution is 0.0313. The van der Waals surface area contributed by atoms with Crippen LogP contribution in [-0.4, -0.2) is 49.0 Å². The maximum Gasteiger partial charge on any atom is 0.0594 e. The predicted molar refractivity (Wildman–Crippen MR) is 43.6 cm³/mol. The summed E-state index contributed by atoms with van der Waals surface area (Å²) in [7, 11) is 0. The van der Waals surface area contributed by atoms with E-state index in [-0.39, 0.29) is 6.10 Å². The van der Waals surface area contributed by atoms with Crippen LogP contribution in [-0.2, 0) is 4.74 Å². The van der Waals surface area contributed by atoms with Gasteiger partial charge < -0.3 is 9.84 Å². The highest BCUT2D eigenvalue weighted by molar-refractivity contribution is 4.62. The van der Waals surface area contributed by atoms with Gasteiger partial charge in [-0.3, -0.25) is 4.90 Å². The van der Waals surface area contributed by atoms with Crippen LogP contribution in [0.15, 0.2) is 0 Å². The van der Waals surface area contributed by atoms with Gasteiger partial charge in [0.1, 0.15) is 0 Å². The van der Waals surface area contributed by atoms with Gasteiger partial charge in [0.2, 0.25) is 0 Å². The predicted octanol–water partition coefficient (Wildman–Crippen LogP) is 0.0895. The van der Waals surface area contributed by atoms with Gasteiger partial charge in [-0.1, -0.05) is 0 Å². The van der Waals surface area contributed by atoms with E-state index >= 15 is 0 Å². The van der Waals surface area contributed by atoms with E-state index in [2.05, 4.69) is 4.90 Å². The molecule has 1 heterocycles. The normalized spacial score (nSPS) is 23.5.